The summed E-state index contributed by atoms with van der Waals surface area (Å²) in [5.41, 5.74) is 2.27. The van der Waals surface area contributed by atoms with Gasteiger partial charge in [0.15, 0.2) is 0 Å². The number of pyridine rings is 1. The summed E-state index contributed by atoms with van der Waals surface area (Å²) in [5.74, 6) is 0. The van der Waals surface area contributed by atoms with E-state index >= 15 is 0 Å². The van der Waals surface area contributed by atoms with E-state index in [-0.39, 0.29) is 0 Å². The Balaban J connectivity index is 1.82. The van der Waals surface area contributed by atoms with Crippen LogP contribution in [0, 0.1) is 0 Å². The Labute approximate surface area is 100 Å². The highest BCUT2D eigenvalue weighted by molar-refractivity contribution is 6.30. The van der Waals surface area contributed by atoms with Crippen molar-refractivity contribution < 1.29 is 0 Å². The largest absolute Gasteiger partial charge is 0.307 e. The van der Waals surface area contributed by atoms with Gasteiger partial charge in [0.2, 0.25) is 0 Å². The molecule has 1 N–H and O–H groups in total. The minimum atomic E-state index is 0.772. The quantitative estimate of drug-likeness (QED) is 0.877. The van der Waals surface area contributed by atoms with Crippen LogP contribution in [0.1, 0.15) is 11.3 Å². The van der Waals surface area contributed by atoms with Crippen LogP contribution in [0.2, 0.25) is 5.02 Å². The Hall–Kier alpha value is -1.38. The molecule has 0 unspecified atom stereocenters. The Kier molecular flexibility index (Phi) is 3.91. The van der Waals surface area contributed by atoms with Gasteiger partial charge in [0.05, 0.1) is 5.69 Å². The van der Waals surface area contributed by atoms with Crippen LogP contribution in [-0.4, -0.2) is 4.98 Å². The standard InChI is InChI=1S/C13H13ClN2/c14-12-6-4-11(5-7-12)9-15-10-13-3-1-2-8-16-13/h1-8,15H,9-10H2. The lowest BCUT2D eigenvalue weighted by atomic mass is 10.2. The minimum absolute atomic E-state index is 0.772. The van der Waals surface area contributed by atoms with Crippen LogP contribution in [0.25, 0.3) is 0 Å². The van der Waals surface area contributed by atoms with Crippen molar-refractivity contribution in [1.29, 1.82) is 0 Å². The lowest BCUT2D eigenvalue weighted by Gasteiger charge is -2.04. The van der Waals surface area contributed by atoms with Crippen molar-refractivity contribution in [1.82, 2.24) is 10.3 Å². The Bertz CT molecular complexity index is 425. The number of nitrogens with one attached hydrogen (secondary N) is 1. The van der Waals surface area contributed by atoms with Crippen LogP contribution in [-0.2, 0) is 13.1 Å². The SMILES string of the molecule is Clc1ccc(CNCc2ccccn2)cc1. The molecule has 16 heavy (non-hydrogen) atoms. The van der Waals surface area contributed by atoms with Crippen molar-refractivity contribution in [3.05, 3.63) is 64.9 Å². The number of rotatable bonds is 4. The van der Waals surface area contributed by atoms with Crippen molar-refractivity contribution in [2.75, 3.05) is 0 Å². The summed E-state index contributed by atoms with van der Waals surface area (Å²) in [4.78, 5) is 4.24. The molecule has 2 aromatic rings. The first-order valence-electron chi connectivity index (χ1n) is 5.20. The molecule has 0 saturated heterocycles. The second-order valence-electron chi connectivity index (χ2n) is 3.55. The van der Waals surface area contributed by atoms with E-state index in [2.05, 4.69) is 10.3 Å². The molecule has 0 fully saturated rings. The van der Waals surface area contributed by atoms with Gasteiger partial charge in [0, 0.05) is 24.3 Å². The van der Waals surface area contributed by atoms with Gasteiger partial charge in [0.25, 0.3) is 0 Å². The highest BCUT2D eigenvalue weighted by Gasteiger charge is 1.94. The van der Waals surface area contributed by atoms with E-state index < -0.39 is 0 Å². The lowest BCUT2D eigenvalue weighted by molar-refractivity contribution is 0.680. The van der Waals surface area contributed by atoms with Gasteiger partial charge in [-0.05, 0) is 29.8 Å². The summed E-state index contributed by atoms with van der Waals surface area (Å²) in [5, 5.41) is 4.10. The highest BCUT2D eigenvalue weighted by Crippen LogP contribution is 2.09. The molecule has 82 valence electrons. The Morgan fingerprint density at radius 1 is 1.00 bits per heavy atom. The van der Waals surface area contributed by atoms with Gasteiger partial charge in [-0.3, -0.25) is 4.98 Å². The van der Waals surface area contributed by atoms with Crippen molar-refractivity contribution in [3.63, 3.8) is 0 Å². The van der Waals surface area contributed by atoms with E-state index in [1.165, 1.54) is 5.56 Å². The number of hydrogen-bond donors (Lipinski definition) is 1. The molecule has 0 spiro atoms. The zero-order valence-electron chi connectivity index (χ0n) is 8.86. The van der Waals surface area contributed by atoms with Crippen LogP contribution in [0.5, 0.6) is 0 Å². The number of nitrogens with zero attached hydrogens (tertiary/aromatic N) is 1. The summed E-state index contributed by atoms with van der Waals surface area (Å²) < 4.78 is 0. The zero-order chi connectivity index (χ0) is 11.2. The predicted octanol–water partition coefficient (Wildman–Crippen LogP) is 3.02. The van der Waals surface area contributed by atoms with Crippen LogP contribution >= 0.6 is 11.6 Å². The van der Waals surface area contributed by atoms with Gasteiger partial charge in [0.1, 0.15) is 0 Å². The molecule has 1 aromatic heterocycles. The van der Waals surface area contributed by atoms with Gasteiger partial charge in [-0.15, -0.1) is 0 Å². The van der Waals surface area contributed by atoms with E-state index in [9.17, 15) is 0 Å². The molecule has 1 heterocycles. The van der Waals surface area contributed by atoms with Gasteiger partial charge in [-0.1, -0.05) is 29.8 Å². The number of benzene rings is 1. The van der Waals surface area contributed by atoms with E-state index in [1.807, 2.05) is 42.5 Å². The number of aromatic nitrogens is 1. The zero-order valence-corrected chi connectivity index (χ0v) is 9.61. The van der Waals surface area contributed by atoms with Crippen LogP contribution in [0.4, 0.5) is 0 Å². The van der Waals surface area contributed by atoms with Gasteiger partial charge < -0.3 is 5.32 Å². The first kappa shape index (κ1) is 11.1. The molecule has 0 atom stereocenters. The molecule has 0 amide bonds. The highest BCUT2D eigenvalue weighted by atomic mass is 35.5. The van der Waals surface area contributed by atoms with Gasteiger partial charge in [-0.25, -0.2) is 0 Å². The third-order valence-electron chi connectivity index (χ3n) is 2.27. The average Bonchev–Trinajstić information content (AvgIpc) is 2.33. The van der Waals surface area contributed by atoms with Gasteiger partial charge >= 0.3 is 0 Å². The molecule has 3 heteroatoms. The molecule has 0 saturated carbocycles. The van der Waals surface area contributed by atoms with Crippen molar-refractivity contribution in [3.8, 4) is 0 Å². The fourth-order valence-corrected chi connectivity index (χ4v) is 1.57. The average molecular weight is 233 g/mol. The molecule has 2 nitrogen and oxygen atoms in total. The Morgan fingerprint density at radius 3 is 2.50 bits per heavy atom. The van der Waals surface area contributed by atoms with E-state index in [1.54, 1.807) is 6.20 Å². The van der Waals surface area contributed by atoms with Crippen LogP contribution in [0.3, 0.4) is 0 Å². The third kappa shape index (κ3) is 3.33. The Morgan fingerprint density at radius 2 is 1.81 bits per heavy atom. The molecule has 0 aliphatic rings. The molecule has 2 rings (SSSR count). The summed E-state index contributed by atoms with van der Waals surface area (Å²) >= 11 is 5.81. The minimum Gasteiger partial charge on any atom is -0.307 e. The first-order chi connectivity index (χ1) is 7.84. The summed E-state index contributed by atoms with van der Waals surface area (Å²) in [6.45, 7) is 1.61. The van der Waals surface area contributed by atoms with E-state index in [0.29, 0.717) is 0 Å². The molecule has 0 bridgehead atoms. The van der Waals surface area contributed by atoms with Crippen LogP contribution in [0.15, 0.2) is 48.7 Å². The second-order valence-corrected chi connectivity index (χ2v) is 3.99. The second kappa shape index (κ2) is 5.64. The molecular formula is C13H13ClN2. The fourth-order valence-electron chi connectivity index (χ4n) is 1.44. The lowest BCUT2D eigenvalue weighted by Crippen LogP contribution is -2.13. The normalized spacial score (nSPS) is 10.3. The van der Waals surface area contributed by atoms with Crippen molar-refractivity contribution >= 4 is 11.6 Å². The van der Waals surface area contributed by atoms with Crippen LogP contribution < -0.4 is 5.32 Å². The summed E-state index contributed by atoms with van der Waals surface area (Å²) in [6, 6.07) is 13.8. The van der Waals surface area contributed by atoms with Crippen molar-refractivity contribution in [2.45, 2.75) is 13.1 Å². The number of halogens is 1. The molecule has 0 aliphatic carbocycles. The molecule has 0 aliphatic heterocycles. The van der Waals surface area contributed by atoms with Gasteiger partial charge in [-0.2, -0.15) is 0 Å². The fraction of sp³-hybridized carbons (Fsp3) is 0.154. The van der Waals surface area contributed by atoms with E-state index in [4.69, 9.17) is 11.6 Å². The monoisotopic (exact) mass is 232 g/mol. The molecule has 1 aromatic carbocycles. The smallest absolute Gasteiger partial charge is 0.0541 e. The maximum Gasteiger partial charge on any atom is 0.0541 e. The van der Waals surface area contributed by atoms with Crippen molar-refractivity contribution in [2.24, 2.45) is 0 Å². The molecule has 0 radical (unpaired) electrons. The van der Waals surface area contributed by atoms with E-state index in [0.717, 1.165) is 23.8 Å². The third-order valence-corrected chi connectivity index (χ3v) is 2.53. The summed E-state index contributed by atoms with van der Waals surface area (Å²) in [6.07, 6.45) is 1.80. The predicted molar refractivity (Wildman–Crippen MR) is 66.2 cm³/mol. The maximum atomic E-state index is 5.81. The molecular weight excluding hydrogens is 220 g/mol. The topological polar surface area (TPSA) is 24.9 Å². The summed E-state index contributed by atoms with van der Waals surface area (Å²) in [7, 11) is 0. The maximum absolute atomic E-state index is 5.81. The number of hydrogen-bond acceptors (Lipinski definition) is 2. The first-order valence-corrected chi connectivity index (χ1v) is 5.57.